The smallest absolute Gasteiger partial charge is 0.318 e. The summed E-state index contributed by atoms with van der Waals surface area (Å²) in [5, 5.41) is 16.4. The Kier molecular flexibility index (Phi) is 5.80. The zero-order valence-corrected chi connectivity index (χ0v) is 15.6. The normalized spacial score (nSPS) is 16.1. The number of nitrogens with one attached hydrogen (secondary N) is 1. The predicted octanol–water partition coefficient (Wildman–Crippen LogP) is 1.98. The first-order valence-corrected chi connectivity index (χ1v) is 8.81. The van der Waals surface area contributed by atoms with Gasteiger partial charge in [0.1, 0.15) is 6.04 Å². The number of rotatable bonds is 5. The Balaban J connectivity index is 1.67. The molecule has 9 heteroatoms. The number of hydrogen-bond acceptors (Lipinski definition) is 7. The highest BCUT2D eigenvalue weighted by Crippen LogP contribution is 2.31. The molecule has 3 rings (SSSR count). The van der Waals surface area contributed by atoms with Crippen LogP contribution in [0.2, 0.25) is 0 Å². The summed E-state index contributed by atoms with van der Waals surface area (Å²) >= 11 is 0. The van der Waals surface area contributed by atoms with Gasteiger partial charge in [-0.25, -0.2) is 4.79 Å². The zero-order valence-electron chi connectivity index (χ0n) is 15.6. The van der Waals surface area contributed by atoms with E-state index < -0.39 is 6.04 Å². The minimum Gasteiger partial charge on any atom is -0.493 e. The molecule has 0 radical (unpaired) electrons. The lowest BCUT2D eigenvalue weighted by Gasteiger charge is -2.30. The predicted molar refractivity (Wildman–Crippen MR) is 96.6 cm³/mol. The second kappa shape index (κ2) is 8.26. The Morgan fingerprint density at radius 2 is 2.00 bits per heavy atom. The van der Waals surface area contributed by atoms with E-state index in [1.807, 2.05) is 0 Å². The maximum atomic E-state index is 12.3. The molecule has 1 aliphatic heterocycles. The van der Waals surface area contributed by atoms with E-state index in [2.05, 4.69) is 15.5 Å². The number of likely N-dealkylation sites (tertiary alicyclic amines) is 1. The molecular formula is C18H24N4O5. The van der Waals surface area contributed by atoms with Crippen molar-refractivity contribution in [1.29, 1.82) is 0 Å². The number of carbonyl (C=O) groups excluding carboxylic acids is 1. The molecule has 1 aliphatic rings. The lowest BCUT2D eigenvalue weighted by Crippen LogP contribution is -2.46. The molecule has 2 amide bonds. The summed E-state index contributed by atoms with van der Waals surface area (Å²) in [5.74, 6) is 1.88. The zero-order chi connectivity index (χ0) is 19.4. The largest absolute Gasteiger partial charge is 0.493 e. The molecule has 2 heterocycles. The Morgan fingerprint density at radius 3 is 2.67 bits per heavy atom. The fraction of sp³-hybridized carbons (Fsp3) is 0.500. The molecule has 2 N–H and O–H groups in total. The van der Waals surface area contributed by atoms with E-state index in [9.17, 15) is 9.90 Å². The van der Waals surface area contributed by atoms with Crippen molar-refractivity contribution >= 4 is 6.03 Å². The number of methoxy groups -OCH3 is 2. The molecule has 146 valence electrons. The van der Waals surface area contributed by atoms with Gasteiger partial charge in [0.2, 0.25) is 11.7 Å². The first-order valence-electron chi connectivity index (χ1n) is 8.81. The second-order valence-corrected chi connectivity index (χ2v) is 6.42. The second-order valence-electron chi connectivity index (χ2n) is 6.42. The molecule has 0 aliphatic carbocycles. The Labute approximate surface area is 157 Å². The summed E-state index contributed by atoms with van der Waals surface area (Å²) in [4.78, 5) is 18.4. The van der Waals surface area contributed by atoms with Crippen LogP contribution in [-0.4, -0.2) is 59.6 Å². The van der Waals surface area contributed by atoms with Gasteiger partial charge in [-0.3, -0.25) is 0 Å². The minimum atomic E-state index is -0.439. The number of aliphatic hydroxyl groups excluding tert-OH is 1. The number of aliphatic hydroxyl groups is 1. The molecule has 9 nitrogen and oxygen atoms in total. The van der Waals surface area contributed by atoms with Gasteiger partial charge < -0.3 is 29.3 Å². The average molecular weight is 376 g/mol. The summed E-state index contributed by atoms with van der Waals surface area (Å²) in [5.41, 5.74) is 0.714. The van der Waals surface area contributed by atoms with Crippen LogP contribution in [0.25, 0.3) is 11.4 Å². The number of amides is 2. The number of hydrogen-bond donors (Lipinski definition) is 2. The van der Waals surface area contributed by atoms with Crippen LogP contribution in [0.15, 0.2) is 22.7 Å². The quantitative estimate of drug-likeness (QED) is 0.821. The molecule has 0 saturated carbocycles. The van der Waals surface area contributed by atoms with Gasteiger partial charge in [-0.05, 0) is 38.0 Å². The molecule has 1 fully saturated rings. The lowest BCUT2D eigenvalue weighted by molar-refractivity contribution is 0.0926. The van der Waals surface area contributed by atoms with Gasteiger partial charge in [0, 0.05) is 18.7 Å². The first-order chi connectivity index (χ1) is 13.0. The van der Waals surface area contributed by atoms with E-state index in [1.165, 1.54) is 0 Å². The monoisotopic (exact) mass is 376 g/mol. The Morgan fingerprint density at radius 1 is 1.30 bits per heavy atom. The van der Waals surface area contributed by atoms with Crippen molar-refractivity contribution in [3.8, 4) is 22.9 Å². The molecule has 1 aromatic heterocycles. The molecule has 27 heavy (non-hydrogen) atoms. The highest BCUT2D eigenvalue weighted by molar-refractivity contribution is 5.74. The standard InChI is InChI=1S/C18H24N4O5/c1-11(19-18(24)22-8-6-13(23)7-9-22)17-20-16(21-27-17)12-4-5-14(25-2)15(10-12)26-3/h4-5,10-11,13,23H,6-9H2,1-3H3,(H,19,24). The molecule has 0 spiro atoms. The third kappa shape index (κ3) is 4.30. The van der Waals surface area contributed by atoms with E-state index in [1.54, 1.807) is 44.2 Å². The highest BCUT2D eigenvalue weighted by atomic mass is 16.5. The number of aromatic nitrogens is 2. The highest BCUT2D eigenvalue weighted by Gasteiger charge is 2.24. The van der Waals surface area contributed by atoms with Crippen LogP contribution in [0.5, 0.6) is 11.5 Å². The fourth-order valence-electron chi connectivity index (χ4n) is 2.91. The van der Waals surface area contributed by atoms with Crippen LogP contribution >= 0.6 is 0 Å². The van der Waals surface area contributed by atoms with Crippen LogP contribution < -0.4 is 14.8 Å². The van der Waals surface area contributed by atoms with Gasteiger partial charge in [-0.2, -0.15) is 4.98 Å². The van der Waals surface area contributed by atoms with E-state index in [4.69, 9.17) is 14.0 Å². The van der Waals surface area contributed by atoms with Crippen molar-refractivity contribution in [2.45, 2.75) is 31.9 Å². The molecule has 0 bridgehead atoms. The van der Waals surface area contributed by atoms with Gasteiger partial charge >= 0.3 is 6.03 Å². The third-order valence-electron chi connectivity index (χ3n) is 4.55. The molecule has 2 aromatic rings. The fourth-order valence-corrected chi connectivity index (χ4v) is 2.91. The van der Waals surface area contributed by atoms with E-state index in [0.29, 0.717) is 54.7 Å². The number of ether oxygens (including phenoxy) is 2. The van der Waals surface area contributed by atoms with E-state index in [-0.39, 0.29) is 12.1 Å². The van der Waals surface area contributed by atoms with Gasteiger partial charge in [0.05, 0.1) is 20.3 Å². The van der Waals surface area contributed by atoms with Crippen molar-refractivity contribution in [1.82, 2.24) is 20.4 Å². The average Bonchev–Trinajstić information content (AvgIpc) is 3.18. The molecule has 1 aromatic carbocycles. The number of carbonyl (C=O) groups is 1. The minimum absolute atomic E-state index is 0.208. The third-order valence-corrected chi connectivity index (χ3v) is 4.55. The van der Waals surface area contributed by atoms with Crippen LogP contribution in [-0.2, 0) is 0 Å². The SMILES string of the molecule is COc1ccc(-c2noc(C(C)NC(=O)N3CCC(O)CC3)n2)cc1OC. The van der Waals surface area contributed by atoms with Crippen LogP contribution in [0.4, 0.5) is 4.79 Å². The summed E-state index contributed by atoms with van der Waals surface area (Å²) in [7, 11) is 3.12. The lowest BCUT2D eigenvalue weighted by atomic mass is 10.1. The number of urea groups is 1. The van der Waals surface area contributed by atoms with Gasteiger partial charge in [0.15, 0.2) is 11.5 Å². The van der Waals surface area contributed by atoms with E-state index >= 15 is 0 Å². The van der Waals surface area contributed by atoms with Crippen molar-refractivity contribution in [3.63, 3.8) is 0 Å². The van der Waals surface area contributed by atoms with E-state index in [0.717, 1.165) is 0 Å². The summed E-state index contributed by atoms with van der Waals surface area (Å²) < 4.78 is 15.8. The maximum absolute atomic E-state index is 12.3. The van der Waals surface area contributed by atoms with Crippen molar-refractivity contribution in [2.75, 3.05) is 27.3 Å². The van der Waals surface area contributed by atoms with Crippen LogP contribution in [0, 0.1) is 0 Å². The molecule has 1 atom stereocenters. The van der Waals surface area contributed by atoms with Gasteiger partial charge in [0.25, 0.3) is 0 Å². The summed E-state index contributed by atoms with van der Waals surface area (Å²) in [6.07, 6.45) is 0.851. The molecule has 1 unspecified atom stereocenters. The maximum Gasteiger partial charge on any atom is 0.318 e. The summed E-state index contributed by atoms with van der Waals surface area (Å²) in [6.45, 7) is 2.84. The van der Waals surface area contributed by atoms with Gasteiger partial charge in [-0.15, -0.1) is 0 Å². The Bertz CT molecular complexity index is 786. The van der Waals surface area contributed by atoms with Crippen LogP contribution in [0.3, 0.4) is 0 Å². The number of piperidine rings is 1. The Hall–Kier alpha value is -2.81. The topological polar surface area (TPSA) is 110 Å². The number of nitrogens with zero attached hydrogens (tertiary/aromatic N) is 3. The van der Waals surface area contributed by atoms with Crippen molar-refractivity contribution in [2.24, 2.45) is 0 Å². The van der Waals surface area contributed by atoms with Crippen molar-refractivity contribution in [3.05, 3.63) is 24.1 Å². The molecule has 1 saturated heterocycles. The number of benzene rings is 1. The molecular weight excluding hydrogens is 352 g/mol. The van der Waals surface area contributed by atoms with Gasteiger partial charge in [-0.1, -0.05) is 5.16 Å². The first kappa shape index (κ1) is 19.0. The summed E-state index contributed by atoms with van der Waals surface area (Å²) in [6, 6.07) is 4.68. The van der Waals surface area contributed by atoms with Crippen molar-refractivity contribution < 1.29 is 23.9 Å². The van der Waals surface area contributed by atoms with Crippen LogP contribution in [0.1, 0.15) is 31.7 Å².